The van der Waals surface area contributed by atoms with Gasteiger partial charge in [0, 0.05) is 27.5 Å². The Morgan fingerprint density at radius 2 is 2.16 bits per heavy atom. The van der Waals surface area contributed by atoms with E-state index in [2.05, 4.69) is 22.0 Å². The van der Waals surface area contributed by atoms with E-state index in [-0.39, 0.29) is 0 Å². The fourth-order valence-corrected chi connectivity index (χ4v) is 3.33. The molecule has 19 heavy (non-hydrogen) atoms. The Balaban J connectivity index is 2.29. The van der Waals surface area contributed by atoms with Crippen LogP contribution in [0.5, 0.6) is 0 Å². The number of primary amides is 1. The van der Waals surface area contributed by atoms with E-state index in [1.165, 1.54) is 4.88 Å². The SMILES string of the molecule is CN(Cc1cc(Br)cs1)c1cc(N)ccc1C(N)=O. The van der Waals surface area contributed by atoms with Gasteiger partial charge in [-0.25, -0.2) is 0 Å². The molecule has 0 saturated carbocycles. The molecule has 1 heterocycles. The van der Waals surface area contributed by atoms with Crippen molar-refractivity contribution in [2.45, 2.75) is 6.54 Å². The Morgan fingerprint density at radius 3 is 2.74 bits per heavy atom. The number of nitrogen functional groups attached to an aromatic ring is 1. The third kappa shape index (κ3) is 3.27. The lowest BCUT2D eigenvalue weighted by molar-refractivity contribution is 0.100. The van der Waals surface area contributed by atoms with Gasteiger partial charge in [0.25, 0.3) is 5.91 Å². The lowest BCUT2D eigenvalue weighted by Crippen LogP contribution is -2.21. The summed E-state index contributed by atoms with van der Waals surface area (Å²) in [6.07, 6.45) is 0. The summed E-state index contributed by atoms with van der Waals surface area (Å²) in [5, 5.41) is 2.03. The highest BCUT2D eigenvalue weighted by atomic mass is 79.9. The van der Waals surface area contributed by atoms with Gasteiger partial charge in [0.15, 0.2) is 0 Å². The first kappa shape index (κ1) is 13.9. The van der Waals surface area contributed by atoms with Crippen LogP contribution < -0.4 is 16.4 Å². The summed E-state index contributed by atoms with van der Waals surface area (Å²) in [5.41, 5.74) is 13.0. The summed E-state index contributed by atoms with van der Waals surface area (Å²) in [7, 11) is 1.91. The predicted molar refractivity (Wildman–Crippen MR) is 83.5 cm³/mol. The summed E-state index contributed by atoms with van der Waals surface area (Å²) in [4.78, 5) is 14.6. The molecule has 0 aliphatic rings. The fourth-order valence-electron chi connectivity index (χ4n) is 1.83. The van der Waals surface area contributed by atoms with Crippen LogP contribution in [0.25, 0.3) is 0 Å². The highest BCUT2D eigenvalue weighted by molar-refractivity contribution is 9.10. The molecule has 0 saturated heterocycles. The molecule has 1 amide bonds. The molecule has 0 unspecified atom stereocenters. The van der Waals surface area contributed by atoms with Crippen molar-refractivity contribution in [1.82, 2.24) is 0 Å². The maximum absolute atomic E-state index is 11.4. The number of halogens is 1. The van der Waals surface area contributed by atoms with E-state index in [0.29, 0.717) is 17.8 Å². The molecule has 4 N–H and O–H groups in total. The Labute approximate surface area is 124 Å². The highest BCUT2D eigenvalue weighted by Gasteiger charge is 2.13. The monoisotopic (exact) mass is 339 g/mol. The number of hydrogen-bond donors (Lipinski definition) is 2. The average Bonchev–Trinajstić information content (AvgIpc) is 2.74. The van der Waals surface area contributed by atoms with E-state index in [4.69, 9.17) is 11.5 Å². The zero-order chi connectivity index (χ0) is 14.0. The number of amides is 1. The summed E-state index contributed by atoms with van der Waals surface area (Å²) in [6.45, 7) is 0.694. The minimum Gasteiger partial charge on any atom is -0.399 e. The van der Waals surface area contributed by atoms with Gasteiger partial charge >= 0.3 is 0 Å². The molecule has 2 rings (SSSR count). The maximum atomic E-state index is 11.4. The summed E-state index contributed by atoms with van der Waals surface area (Å²) >= 11 is 5.08. The van der Waals surface area contributed by atoms with Crippen LogP contribution in [0.15, 0.2) is 34.1 Å². The van der Waals surface area contributed by atoms with Crippen LogP contribution in [-0.2, 0) is 6.54 Å². The number of rotatable bonds is 4. The number of thiophene rings is 1. The van der Waals surface area contributed by atoms with Gasteiger partial charge in [0.2, 0.25) is 0 Å². The normalized spacial score (nSPS) is 10.4. The van der Waals surface area contributed by atoms with Crippen LogP contribution in [-0.4, -0.2) is 13.0 Å². The van der Waals surface area contributed by atoms with Gasteiger partial charge in [0.1, 0.15) is 0 Å². The standard InChI is InChI=1S/C13H14BrN3OS/c1-17(6-10-4-8(14)7-19-10)12-5-9(15)2-3-11(12)13(16)18/h2-5,7H,6,15H2,1H3,(H2,16,18). The van der Waals surface area contributed by atoms with E-state index >= 15 is 0 Å². The van der Waals surface area contributed by atoms with E-state index in [1.807, 2.05) is 17.3 Å². The topological polar surface area (TPSA) is 72.3 Å². The minimum absolute atomic E-state index is 0.450. The van der Waals surface area contributed by atoms with Gasteiger partial charge in [-0.2, -0.15) is 0 Å². The number of hydrogen-bond acceptors (Lipinski definition) is 4. The first-order valence-electron chi connectivity index (χ1n) is 5.60. The molecule has 0 bridgehead atoms. The first-order valence-corrected chi connectivity index (χ1v) is 7.28. The van der Waals surface area contributed by atoms with Crippen molar-refractivity contribution in [2.75, 3.05) is 17.7 Å². The zero-order valence-electron chi connectivity index (χ0n) is 10.4. The number of nitrogens with two attached hydrogens (primary N) is 2. The minimum atomic E-state index is -0.450. The second-order valence-electron chi connectivity index (χ2n) is 4.23. The van der Waals surface area contributed by atoms with Crippen molar-refractivity contribution in [2.24, 2.45) is 5.73 Å². The molecule has 6 heteroatoms. The predicted octanol–water partition coefficient (Wildman–Crippen LogP) is 2.83. The molecule has 100 valence electrons. The summed E-state index contributed by atoms with van der Waals surface area (Å²) < 4.78 is 1.06. The molecule has 4 nitrogen and oxygen atoms in total. The molecular weight excluding hydrogens is 326 g/mol. The summed E-state index contributed by atoms with van der Waals surface area (Å²) in [6, 6.07) is 7.16. The molecule has 1 aromatic carbocycles. The van der Waals surface area contributed by atoms with Crippen LogP contribution in [0.4, 0.5) is 11.4 Å². The van der Waals surface area contributed by atoms with E-state index in [0.717, 1.165) is 10.2 Å². The molecule has 0 aliphatic carbocycles. The Bertz CT molecular complexity index is 612. The van der Waals surface area contributed by atoms with Gasteiger partial charge in [0.05, 0.1) is 17.8 Å². The van der Waals surface area contributed by atoms with Gasteiger partial charge in [-0.05, 0) is 40.2 Å². The molecule has 1 aromatic heterocycles. The fraction of sp³-hybridized carbons (Fsp3) is 0.154. The van der Waals surface area contributed by atoms with Crippen molar-refractivity contribution in [3.63, 3.8) is 0 Å². The van der Waals surface area contributed by atoms with Crippen LogP contribution in [0.2, 0.25) is 0 Å². The van der Waals surface area contributed by atoms with Gasteiger partial charge in [-0.3, -0.25) is 4.79 Å². The maximum Gasteiger partial charge on any atom is 0.250 e. The summed E-state index contributed by atoms with van der Waals surface area (Å²) in [5.74, 6) is -0.450. The van der Waals surface area contributed by atoms with Crippen molar-refractivity contribution < 1.29 is 4.79 Å². The number of carbonyl (C=O) groups excluding carboxylic acids is 1. The van der Waals surface area contributed by atoms with Crippen LogP contribution >= 0.6 is 27.3 Å². The Kier molecular flexibility index (Phi) is 4.11. The van der Waals surface area contributed by atoms with E-state index < -0.39 is 5.91 Å². The van der Waals surface area contributed by atoms with Gasteiger partial charge in [-0.15, -0.1) is 11.3 Å². The second kappa shape index (κ2) is 5.63. The molecule has 0 radical (unpaired) electrons. The van der Waals surface area contributed by atoms with Crippen LogP contribution in [0.3, 0.4) is 0 Å². The number of carbonyl (C=O) groups is 1. The Morgan fingerprint density at radius 1 is 1.42 bits per heavy atom. The first-order chi connectivity index (χ1) is 8.97. The smallest absolute Gasteiger partial charge is 0.250 e. The van der Waals surface area contributed by atoms with Crippen molar-refractivity contribution in [3.05, 3.63) is 44.6 Å². The van der Waals surface area contributed by atoms with Crippen molar-refractivity contribution in [3.8, 4) is 0 Å². The second-order valence-corrected chi connectivity index (χ2v) is 6.14. The van der Waals surface area contributed by atoms with Crippen molar-refractivity contribution >= 4 is 44.5 Å². The molecular formula is C13H14BrN3OS. The average molecular weight is 340 g/mol. The lowest BCUT2D eigenvalue weighted by Gasteiger charge is -2.21. The van der Waals surface area contributed by atoms with Gasteiger partial charge < -0.3 is 16.4 Å². The third-order valence-corrected chi connectivity index (χ3v) is 4.40. The van der Waals surface area contributed by atoms with Gasteiger partial charge in [-0.1, -0.05) is 0 Å². The highest BCUT2D eigenvalue weighted by Crippen LogP contribution is 2.26. The third-order valence-electron chi connectivity index (χ3n) is 2.71. The molecule has 0 fully saturated rings. The van der Waals surface area contributed by atoms with E-state index in [1.54, 1.807) is 29.5 Å². The molecule has 2 aromatic rings. The quantitative estimate of drug-likeness (QED) is 0.841. The largest absolute Gasteiger partial charge is 0.399 e. The number of benzene rings is 1. The molecule has 0 spiro atoms. The van der Waals surface area contributed by atoms with Crippen LogP contribution in [0, 0.1) is 0 Å². The lowest BCUT2D eigenvalue weighted by atomic mass is 10.1. The van der Waals surface area contributed by atoms with E-state index in [9.17, 15) is 4.79 Å². The number of nitrogens with zero attached hydrogens (tertiary/aromatic N) is 1. The number of anilines is 2. The van der Waals surface area contributed by atoms with Crippen molar-refractivity contribution in [1.29, 1.82) is 0 Å². The molecule has 0 aliphatic heterocycles. The van der Waals surface area contributed by atoms with Crippen LogP contribution in [0.1, 0.15) is 15.2 Å². The Hall–Kier alpha value is -1.53. The zero-order valence-corrected chi connectivity index (χ0v) is 12.8. The molecule has 0 atom stereocenters.